The van der Waals surface area contributed by atoms with E-state index in [-0.39, 0.29) is 13.0 Å². The van der Waals surface area contributed by atoms with Crippen LogP contribution in [0.4, 0.5) is 13.2 Å². The number of unbranched alkanes of at least 4 members (excludes halogenated alkanes) is 2. The van der Waals surface area contributed by atoms with Crippen molar-refractivity contribution in [2.75, 3.05) is 6.61 Å². The molecule has 0 spiro atoms. The van der Waals surface area contributed by atoms with Crippen LogP contribution < -0.4 is 5.73 Å². The van der Waals surface area contributed by atoms with E-state index in [9.17, 15) is 18.0 Å². The summed E-state index contributed by atoms with van der Waals surface area (Å²) in [5.74, 6) is -2.12. The van der Waals surface area contributed by atoms with Gasteiger partial charge in [0.25, 0.3) is 0 Å². The Labute approximate surface area is 106 Å². The zero-order valence-electron chi connectivity index (χ0n) is 10.9. The van der Waals surface area contributed by atoms with E-state index < -0.39 is 24.1 Å². The van der Waals surface area contributed by atoms with E-state index >= 15 is 0 Å². The lowest BCUT2D eigenvalue weighted by Crippen LogP contribution is -2.47. The molecule has 0 aromatic heterocycles. The molecule has 0 rings (SSSR count). The van der Waals surface area contributed by atoms with Crippen LogP contribution in [0.25, 0.3) is 0 Å². The van der Waals surface area contributed by atoms with Crippen LogP contribution in [0.15, 0.2) is 0 Å². The molecule has 0 radical (unpaired) electrons. The fourth-order valence-electron chi connectivity index (χ4n) is 1.52. The SMILES string of the molecule is CCCCOC(=O)[C@H](CCCC)[C@@H](N)C(F)(F)F. The zero-order valence-corrected chi connectivity index (χ0v) is 10.9. The third-order valence-corrected chi connectivity index (χ3v) is 2.73. The van der Waals surface area contributed by atoms with E-state index in [1.54, 1.807) is 0 Å². The molecule has 2 N–H and O–H groups in total. The Balaban J connectivity index is 4.51. The number of halogens is 3. The van der Waals surface area contributed by atoms with E-state index in [0.29, 0.717) is 19.3 Å². The Morgan fingerprint density at radius 3 is 2.22 bits per heavy atom. The van der Waals surface area contributed by atoms with Gasteiger partial charge in [-0.05, 0) is 12.8 Å². The number of ether oxygens (including phenoxy) is 1. The molecular weight excluding hydrogens is 247 g/mol. The topological polar surface area (TPSA) is 52.3 Å². The summed E-state index contributed by atoms with van der Waals surface area (Å²) in [6.45, 7) is 3.91. The molecule has 0 amide bonds. The molecular formula is C12H22F3NO2. The van der Waals surface area contributed by atoms with Crippen LogP contribution in [0.1, 0.15) is 46.0 Å². The van der Waals surface area contributed by atoms with Gasteiger partial charge in [-0.2, -0.15) is 13.2 Å². The predicted molar refractivity (Wildman–Crippen MR) is 62.9 cm³/mol. The van der Waals surface area contributed by atoms with Crippen molar-refractivity contribution >= 4 is 5.97 Å². The molecule has 0 aliphatic heterocycles. The first-order valence-corrected chi connectivity index (χ1v) is 6.33. The lowest BCUT2D eigenvalue weighted by molar-refractivity contribution is -0.177. The van der Waals surface area contributed by atoms with Crippen molar-refractivity contribution in [3.63, 3.8) is 0 Å². The zero-order chi connectivity index (χ0) is 14.2. The van der Waals surface area contributed by atoms with Gasteiger partial charge in [-0.3, -0.25) is 4.79 Å². The van der Waals surface area contributed by atoms with Crippen molar-refractivity contribution in [2.45, 2.75) is 58.2 Å². The smallest absolute Gasteiger partial charge is 0.404 e. The van der Waals surface area contributed by atoms with E-state index in [1.165, 1.54) is 0 Å². The second-order valence-corrected chi connectivity index (χ2v) is 4.34. The van der Waals surface area contributed by atoms with Gasteiger partial charge in [0, 0.05) is 0 Å². The molecule has 0 bridgehead atoms. The maximum atomic E-state index is 12.5. The molecule has 3 nitrogen and oxygen atoms in total. The minimum atomic E-state index is -4.57. The van der Waals surface area contributed by atoms with Gasteiger partial charge < -0.3 is 10.5 Å². The van der Waals surface area contributed by atoms with Crippen molar-refractivity contribution in [2.24, 2.45) is 11.7 Å². The molecule has 2 atom stereocenters. The summed E-state index contributed by atoms with van der Waals surface area (Å²) >= 11 is 0. The number of alkyl halides is 3. The standard InChI is InChI=1S/C12H22F3NO2/c1-3-5-7-9(10(16)12(13,14)15)11(17)18-8-6-4-2/h9-10H,3-8,16H2,1-2H3/t9-,10-/m1/s1. The molecule has 0 aromatic carbocycles. The average molecular weight is 269 g/mol. The summed E-state index contributed by atoms with van der Waals surface area (Å²) in [5.41, 5.74) is 5.12. The number of rotatable bonds is 8. The first kappa shape index (κ1) is 17.2. The molecule has 6 heteroatoms. The number of carbonyl (C=O) groups is 1. The van der Waals surface area contributed by atoms with Crippen molar-refractivity contribution in [1.82, 2.24) is 0 Å². The highest BCUT2D eigenvalue weighted by molar-refractivity contribution is 5.73. The summed E-state index contributed by atoms with van der Waals surface area (Å²) in [6.07, 6.45) is -1.75. The fraction of sp³-hybridized carbons (Fsp3) is 0.917. The normalized spacial score (nSPS) is 15.2. The monoisotopic (exact) mass is 269 g/mol. The molecule has 18 heavy (non-hydrogen) atoms. The molecule has 0 fully saturated rings. The van der Waals surface area contributed by atoms with Gasteiger partial charge in [0.15, 0.2) is 0 Å². The van der Waals surface area contributed by atoms with E-state index in [0.717, 1.165) is 6.42 Å². The van der Waals surface area contributed by atoms with Gasteiger partial charge in [0.2, 0.25) is 0 Å². The van der Waals surface area contributed by atoms with Gasteiger partial charge >= 0.3 is 12.1 Å². The predicted octanol–water partition coefficient (Wildman–Crippen LogP) is 3.03. The van der Waals surface area contributed by atoms with Crippen LogP contribution in [-0.2, 0) is 9.53 Å². The van der Waals surface area contributed by atoms with Gasteiger partial charge in [0.05, 0.1) is 12.5 Å². The molecule has 0 aromatic rings. The Kier molecular flexibility index (Phi) is 7.98. The molecule has 0 unspecified atom stereocenters. The summed E-state index contributed by atoms with van der Waals surface area (Å²) < 4.78 is 42.5. The maximum absolute atomic E-state index is 12.5. The quantitative estimate of drug-likeness (QED) is 0.544. The molecule has 0 aliphatic rings. The van der Waals surface area contributed by atoms with Crippen LogP contribution >= 0.6 is 0 Å². The van der Waals surface area contributed by atoms with Crippen molar-refractivity contribution < 1.29 is 22.7 Å². The summed E-state index contributed by atoms with van der Waals surface area (Å²) in [7, 11) is 0. The lowest BCUT2D eigenvalue weighted by Gasteiger charge is -2.24. The number of hydrogen-bond donors (Lipinski definition) is 1. The maximum Gasteiger partial charge on any atom is 0.404 e. The van der Waals surface area contributed by atoms with Crippen LogP contribution in [0.2, 0.25) is 0 Å². The second kappa shape index (κ2) is 8.34. The number of esters is 1. The highest BCUT2D eigenvalue weighted by Crippen LogP contribution is 2.27. The molecule has 0 saturated carbocycles. The van der Waals surface area contributed by atoms with E-state index in [1.807, 2.05) is 13.8 Å². The Hall–Kier alpha value is -0.780. The minimum absolute atomic E-state index is 0.113. The Morgan fingerprint density at radius 1 is 1.22 bits per heavy atom. The highest BCUT2D eigenvalue weighted by atomic mass is 19.4. The minimum Gasteiger partial charge on any atom is -0.465 e. The van der Waals surface area contributed by atoms with E-state index in [2.05, 4.69) is 0 Å². The third-order valence-electron chi connectivity index (χ3n) is 2.73. The average Bonchev–Trinajstić information content (AvgIpc) is 2.28. The Morgan fingerprint density at radius 2 is 1.78 bits per heavy atom. The number of hydrogen-bond acceptors (Lipinski definition) is 3. The third kappa shape index (κ3) is 6.23. The largest absolute Gasteiger partial charge is 0.465 e. The summed E-state index contributed by atoms with van der Waals surface area (Å²) in [6, 6.07) is -2.14. The molecule has 0 aliphatic carbocycles. The van der Waals surface area contributed by atoms with Gasteiger partial charge in [-0.25, -0.2) is 0 Å². The Bertz CT molecular complexity index is 244. The van der Waals surface area contributed by atoms with Gasteiger partial charge in [-0.15, -0.1) is 0 Å². The van der Waals surface area contributed by atoms with Crippen LogP contribution in [-0.4, -0.2) is 24.8 Å². The van der Waals surface area contributed by atoms with Gasteiger partial charge in [-0.1, -0.05) is 33.1 Å². The molecule has 0 saturated heterocycles. The number of nitrogens with two attached hydrogens (primary N) is 1. The van der Waals surface area contributed by atoms with Crippen molar-refractivity contribution in [3.8, 4) is 0 Å². The van der Waals surface area contributed by atoms with E-state index in [4.69, 9.17) is 10.5 Å². The number of carbonyl (C=O) groups excluding carboxylic acids is 1. The summed E-state index contributed by atoms with van der Waals surface area (Å²) in [5, 5.41) is 0. The van der Waals surface area contributed by atoms with Crippen LogP contribution in [0.3, 0.4) is 0 Å². The molecule has 0 heterocycles. The van der Waals surface area contributed by atoms with Crippen molar-refractivity contribution in [1.29, 1.82) is 0 Å². The summed E-state index contributed by atoms with van der Waals surface area (Å²) in [4.78, 5) is 11.6. The first-order valence-electron chi connectivity index (χ1n) is 6.33. The van der Waals surface area contributed by atoms with Crippen LogP contribution in [0, 0.1) is 5.92 Å². The lowest BCUT2D eigenvalue weighted by atomic mass is 9.94. The van der Waals surface area contributed by atoms with Gasteiger partial charge in [0.1, 0.15) is 6.04 Å². The molecule has 108 valence electrons. The van der Waals surface area contributed by atoms with Crippen molar-refractivity contribution in [3.05, 3.63) is 0 Å². The fourth-order valence-corrected chi connectivity index (χ4v) is 1.52. The highest BCUT2D eigenvalue weighted by Gasteiger charge is 2.45. The first-order chi connectivity index (χ1) is 8.34. The second-order valence-electron chi connectivity index (χ2n) is 4.34. The van der Waals surface area contributed by atoms with Crippen LogP contribution in [0.5, 0.6) is 0 Å².